The van der Waals surface area contributed by atoms with Gasteiger partial charge in [-0.15, -0.1) is 5.10 Å². The van der Waals surface area contributed by atoms with Gasteiger partial charge in [-0.3, -0.25) is 9.48 Å². The van der Waals surface area contributed by atoms with Gasteiger partial charge in [-0.05, 0) is 48.2 Å². The average molecular weight is 397 g/mol. The van der Waals surface area contributed by atoms with E-state index in [-0.39, 0.29) is 30.0 Å². The number of carbonyl (C=O) groups is 1. The smallest absolute Gasteiger partial charge is 0.260 e. The molecule has 0 bridgehead atoms. The molecule has 0 aliphatic carbocycles. The molecule has 0 saturated carbocycles. The van der Waals surface area contributed by atoms with Crippen LogP contribution < -0.4 is 4.74 Å². The molecule has 0 atom stereocenters. The van der Waals surface area contributed by atoms with E-state index in [9.17, 15) is 13.6 Å². The van der Waals surface area contributed by atoms with Crippen molar-refractivity contribution >= 4 is 5.91 Å². The van der Waals surface area contributed by atoms with Crippen molar-refractivity contribution in [3.05, 3.63) is 83.1 Å². The highest BCUT2D eigenvalue weighted by Crippen LogP contribution is 2.23. The van der Waals surface area contributed by atoms with E-state index in [0.29, 0.717) is 30.8 Å². The maximum absolute atomic E-state index is 13.5. The summed E-state index contributed by atoms with van der Waals surface area (Å²) >= 11 is 0. The van der Waals surface area contributed by atoms with Crippen molar-refractivity contribution in [3.8, 4) is 5.88 Å². The first-order chi connectivity index (χ1) is 14.1. The molecular weight excluding hydrogens is 376 g/mol. The molecule has 0 spiro atoms. The van der Waals surface area contributed by atoms with Crippen molar-refractivity contribution in [3.63, 3.8) is 0 Å². The van der Waals surface area contributed by atoms with Gasteiger partial charge >= 0.3 is 0 Å². The molecule has 1 fully saturated rings. The zero-order valence-corrected chi connectivity index (χ0v) is 15.9. The van der Waals surface area contributed by atoms with Gasteiger partial charge in [-0.25, -0.2) is 8.78 Å². The number of benzene rings is 2. The van der Waals surface area contributed by atoms with Crippen LogP contribution in [0.3, 0.4) is 0 Å². The first-order valence-corrected chi connectivity index (χ1v) is 9.57. The van der Waals surface area contributed by atoms with Crippen LogP contribution in [-0.2, 0) is 13.2 Å². The summed E-state index contributed by atoms with van der Waals surface area (Å²) in [5, 5.41) is 4.40. The molecule has 1 aliphatic heterocycles. The van der Waals surface area contributed by atoms with E-state index in [2.05, 4.69) is 5.10 Å². The monoisotopic (exact) mass is 397 g/mol. The number of carbonyl (C=O) groups excluding carboxylic acids is 1. The SMILES string of the molecule is O=C(c1cn(Cc2cccc(F)c2)nc1OCc1cccc(F)c1)N1CCCC1. The molecule has 150 valence electrons. The van der Waals surface area contributed by atoms with Gasteiger partial charge in [0.05, 0.1) is 6.54 Å². The topological polar surface area (TPSA) is 47.4 Å². The highest BCUT2D eigenvalue weighted by Gasteiger charge is 2.25. The Morgan fingerprint density at radius 3 is 2.34 bits per heavy atom. The van der Waals surface area contributed by atoms with Crippen LogP contribution in [0.4, 0.5) is 8.78 Å². The minimum atomic E-state index is -0.351. The lowest BCUT2D eigenvalue weighted by atomic mass is 10.2. The van der Waals surface area contributed by atoms with Crippen LogP contribution in [-0.4, -0.2) is 33.7 Å². The summed E-state index contributed by atoms with van der Waals surface area (Å²) < 4.78 is 34.2. The van der Waals surface area contributed by atoms with E-state index in [1.807, 2.05) is 0 Å². The third-order valence-corrected chi connectivity index (χ3v) is 4.85. The second kappa shape index (κ2) is 8.43. The minimum absolute atomic E-state index is 0.0923. The number of amides is 1. The van der Waals surface area contributed by atoms with Crippen LogP contribution >= 0.6 is 0 Å². The van der Waals surface area contributed by atoms with Crippen molar-refractivity contribution in [1.82, 2.24) is 14.7 Å². The third kappa shape index (κ3) is 4.62. The molecule has 3 aromatic rings. The predicted octanol–water partition coefficient (Wildman–Crippen LogP) is 4.02. The summed E-state index contributed by atoms with van der Waals surface area (Å²) in [7, 11) is 0. The molecule has 0 N–H and O–H groups in total. The summed E-state index contributed by atoms with van der Waals surface area (Å²) in [5.41, 5.74) is 1.73. The van der Waals surface area contributed by atoms with Crippen LogP contribution in [0.25, 0.3) is 0 Å². The Morgan fingerprint density at radius 1 is 1.00 bits per heavy atom. The van der Waals surface area contributed by atoms with Gasteiger partial charge in [-0.2, -0.15) is 0 Å². The van der Waals surface area contributed by atoms with Crippen LogP contribution in [0, 0.1) is 11.6 Å². The van der Waals surface area contributed by atoms with Gasteiger partial charge in [0, 0.05) is 19.3 Å². The zero-order valence-electron chi connectivity index (χ0n) is 15.9. The van der Waals surface area contributed by atoms with E-state index >= 15 is 0 Å². The Labute approximate surface area is 167 Å². The standard InChI is InChI=1S/C22H21F2N3O2/c23-18-7-3-5-16(11-18)13-27-14-20(22(28)26-9-1-2-10-26)21(25-27)29-15-17-6-4-8-19(24)12-17/h3-8,11-12,14H,1-2,9-10,13,15H2. The van der Waals surface area contributed by atoms with Gasteiger partial charge in [-0.1, -0.05) is 24.3 Å². The van der Waals surface area contributed by atoms with Crippen LogP contribution in [0.1, 0.15) is 34.3 Å². The Kier molecular flexibility index (Phi) is 5.55. The fourth-order valence-electron chi connectivity index (χ4n) is 3.43. The molecule has 1 aromatic heterocycles. The molecule has 0 radical (unpaired) electrons. The van der Waals surface area contributed by atoms with Gasteiger partial charge in [0.25, 0.3) is 5.91 Å². The lowest BCUT2D eigenvalue weighted by Crippen LogP contribution is -2.27. The normalized spacial score (nSPS) is 13.7. The largest absolute Gasteiger partial charge is 0.471 e. The highest BCUT2D eigenvalue weighted by molar-refractivity contribution is 5.96. The van der Waals surface area contributed by atoms with Gasteiger partial charge in [0.1, 0.15) is 23.8 Å². The molecule has 1 aliphatic rings. The van der Waals surface area contributed by atoms with E-state index in [0.717, 1.165) is 18.4 Å². The number of rotatable bonds is 6. The fourth-order valence-corrected chi connectivity index (χ4v) is 3.43. The molecular formula is C22H21F2N3O2. The number of ether oxygens (including phenoxy) is 1. The first kappa shape index (κ1) is 19.1. The second-order valence-corrected chi connectivity index (χ2v) is 7.09. The van der Waals surface area contributed by atoms with Crippen molar-refractivity contribution in [1.29, 1.82) is 0 Å². The van der Waals surface area contributed by atoms with Gasteiger partial charge in [0.2, 0.25) is 5.88 Å². The van der Waals surface area contributed by atoms with Crippen LogP contribution in [0.2, 0.25) is 0 Å². The fraction of sp³-hybridized carbons (Fsp3) is 0.273. The average Bonchev–Trinajstić information content (AvgIpc) is 3.36. The Hall–Kier alpha value is -3.22. The summed E-state index contributed by atoms with van der Waals surface area (Å²) in [6, 6.07) is 12.3. The van der Waals surface area contributed by atoms with Gasteiger partial charge in [0.15, 0.2) is 0 Å². The number of hydrogen-bond acceptors (Lipinski definition) is 3. The molecule has 29 heavy (non-hydrogen) atoms. The van der Waals surface area contributed by atoms with Crippen LogP contribution in [0.5, 0.6) is 5.88 Å². The molecule has 2 aromatic carbocycles. The van der Waals surface area contributed by atoms with E-state index in [4.69, 9.17) is 4.74 Å². The lowest BCUT2D eigenvalue weighted by molar-refractivity contribution is 0.0787. The van der Waals surface area contributed by atoms with Gasteiger partial charge < -0.3 is 9.64 Å². The first-order valence-electron chi connectivity index (χ1n) is 9.57. The number of halogens is 2. The van der Waals surface area contributed by atoms with Crippen molar-refractivity contribution < 1.29 is 18.3 Å². The van der Waals surface area contributed by atoms with Crippen LogP contribution in [0.15, 0.2) is 54.7 Å². The summed E-state index contributed by atoms with van der Waals surface area (Å²) in [6.45, 7) is 1.81. The maximum atomic E-state index is 13.5. The zero-order chi connectivity index (χ0) is 20.2. The number of hydrogen-bond donors (Lipinski definition) is 0. The van der Waals surface area contributed by atoms with E-state index in [1.54, 1.807) is 40.0 Å². The lowest BCUT2D eigenvalue weighted by Gasteiger charge is -2.14. The molecule has 2 heterocycles. The number of aromatic nitrogens is 2. The number of nitrogens with zero attached hydrogens (tertiary/aromatic N) is 3. The maximum Gasteiger partial charge on any atom is 0.260 e. The number of likely N-dealkylation sites (tertiary alicyclic amines) is 1. The molecule has 1 amide bonds. The second-order valence-electron chi connectivity index (χ2n) is 7.09. The Balaban J connectivity index is 1.58. The van der Waals surface area contributed by atoms with Crippen molar-refractivity contribution in [2.24, 2.45) is 0 Å². The minimum Gasteiger partial charge on any atom is -0.471 e. The van der Waals surface area contributed by atoms with Crippen molar-refractivity contribution in [2.45, 2.75) is 26.0 Å². The highest BCUT2D eigenvalue weighted by atomic mass is 19.1. The Morgan fingerprint density at radius 2 is 1.66 bits per heavy atom. The third-order valence-electron chi connectivity index (χ3n) is 4.85. The quantitative estimate of drug-likeness (QED) is 0.631. The summed E-state index contributed by atoms with van der Waals surface area (Å²) in [6.07, 6.45) is 3.58. The summed E-state index contributed by atoms with van der Waals surface area (Å²) in [4.78, 5) is 14.7. The van der Waals surface area contributed by atoms with Crippen molar-refractivity contribution in [2.75, 3.05) is 13.1 Å². The van der Waals surface area contributed by atoms with E-state index in [1.165, 1.54) is 24.3 Å². The molecule has 5 nitrogen and oxygen atoms in total. The molecule has 4 rings (SSSR count). The molecule has 7 heteroatoms. The summed E-state index contributed by atoms with van der Waals surface area (Å²) in [5.74, 6) is -0.619. The van der Waals surface area contributed by atoms with E-state index < -0.39 is 0 Å². The molecule has 1 saturated heterocycles. The Bertz CT molecular complexity index is 1010. The predicted molar refractivity (Wildman–Crippen MR) is 104 cm³/mol. The molecule has 0 unspecified atom stereocenters.